The fraction of sp³-hybridized carbons (Fsp3) is 0.600. The standard InChI is InChI=1S/C15H25N3O2S/c1-13(16-2)14-5-7-15(8-6-14)21(19,20)18-10-4-9-17(3)11-12-18/h5-8,13,16H,4,9-12H2,1-3H3. The molecule has 1 N–H and O–H groups in total. The highest BCUT2D eigenvalue weighted by Gasteiger charge is 2.26. The Bertz CT molecular complexity index is 557. The summed E-state index contributed by atoms with van der Waals surface area (Å²) in [4.78, 5) is 2.56. The monoisotopic (exact) mass is 311 g/mol. The fourth-order valence-electron chi connectivity index (χ4n) is 2.51. The number of likely N-dealkylation sites (N-methyl/N-ethyl adjacent to an activating group) is 1. The number of nitrogens with zero attached hydrogens (tertiary/aromatic N) is 2. The minimum atomic E-state index is -3.37. The highest BCUT2D eigenvalue weighted by atomic mass is 32.2. The average Bonchev–Trinajstić information content (AvgIpc) is 2.71. The predicted octanol–water partition coefficient (Wildman–Crippen LogP) is 1.29. The van der Waals surface area contributed by atoms with Crippen molar-refractivity contribution in [3.8, 4) is 0 Å². The van der Waals surface area contributed by atoms with Crippen LogP contribution in [0.2, 0.25) is 0 Å². The molecule has 1 saturated heterocycles. The Morgan fingerprint density at radius 3 is 2.38 bits per heavy atom. The lowest BCUT2D eigenvalue weighted by Gasteiger charge is -2.20. The number of nitrogens with one attached hydrogen (secondary N) is 1. The Morgan fingerprint density at radius 1 is 1.10 bits per heavy atom. The summed E-state index contributed by atoms with van der Waals surface area (Å²) in [6, 6.07) is 7.42. The Morgan fingerprint density at radius 2 is 1.76 bits per heavy atom. The van der Waals surface area contributed by atoms with Gasteiger partial charge in [-0.15, -0.1) is 0 Å². The second-order valence-corrected chi connectivity index (χ2v) is 7.58. The summed E-state index contributed by atoms with van der Waals surface area (Å²) in [5, 5.41) is 3.15. The second kappa shape index (κ2) is 6.87. The molecule has 1 heterocycles. The van der Waals surface area contributed by atoms with Crippen LogP contribution in [0.1, 0.15) is 24.9 Å². The van der Waals surface area contributed by atoms with Gasteiger partial charge in [0.25, 0.3) is 0 Å². The summed E-state index contributed by atoms with van der Waals surface area (Å²) in [6.07, 6.45) is 0.880. The van der Waals surface area contributed by atoms with E-state index in [0.29, 0.717) is 18.0 Å². The second-order valence-electron chi connectivity index (χ2n) is 5.64. The molecule has 1 aliphatic heterocycles. The first-order chi connectivity index (χ1) is 9.95. The summed E-state index contributed by atoms with van der Waals surface area (Å²) < 4.78 is 27.0. The van der Waals surface area contributed by atoms with Crippen molar-refractivity contribution in [2.24, 2.45) is 0 Å². The lowest BCUT2D eigenvalue weighted by Crippen LogP contribution is -2.34. The van der Waals surface area contributed by atoms with Gasteiger partial charge in [-0.3, -0.25) is 0 Å². The van der Waals surface area contributed by atoms with Crippen molar-refractivity contribution in [3.63, 3.8) is 0 Å². The normalized spacial score (nSPS) is 20.1. The van der Waals surface area contributed by atoms with Crippen LogP contribution in [-0.2, 0) is 10.0 Å². The zero-order valence-corrected chi connectivity index (χ0v) is 13.9. The van der Waals surface area contributed by atoms with E-state index in [9.17, 15) is 8.42 Å². The molecule has 0 spiro atoms. The van der Waals surface area contributed by atoms with Crippen LogP contribution in [0.3, 0.4) is 0 Å². The van der Waals surface area contributed by atoms with E-state index in [0.717, 1.165) is 25.1 Å². The molecule has 0 saturated carbocycles. The molecule has 1 atom stereocenters. The van der Waals surface area contributed by atoms with Crippen LogP contribution < -0.4 is 5.32 Å². The number of hydrogen-bond donors (Lipinski definition) is 1. The van der Waals surface area contributed by atoms with Gasteiger partial charge in [-0.2, -0.15) is 4.31 Å². The van der Waals surface area contributed by atoms with Crippen LogP contribution in [-0.4, -0.2) is 57.9 Å². The van der Waals surface area contributed by atoms with Crippen molar-refractivity contribution in [2.75, 3.05) is 40.3 Å². The van der Waals surface area contributed by atoms with Gasteiger partial charge in [0.05, 0.1) is 4.90 Å². The Labute approximate surface area is 128 Å². The van der Waals surface area contributed by atoms with E-state index in [1.807, 2.05) is 33.2 Å². The number of sulfonamides is 1. The van der Waals surface area contributed by atoms with Gasteiger partial charge in [-0.25, -0.2) is 8.42 Å². The highest BCUT2D eigenvalue weighted by molar-refractivity contribution is 7.89. The molecule has 1 fully saturated rings. The molecule has 2 rings (SSSR count). The van der Waals surface area contributed by atoms with Crippen LogP contribution in [0.25, 0.3) is 0 Å². The van der Waals surface area contributed by atoms with Gasteiger partial charge in [-0.05, 0) is 51.7 Å². The zero-order valence-electron chi connectivity index (χ0n) is 13.0. The van der Waals surface area contributed by atoms with E-state index in [4.69, 9.17) is 0 Å². The summed E-state index contributed by atoms with van der Waals surface area (Å²) in [6.45, 7) is 4.95. The van der Waals surface area contributed by atoms with Crippen LogP contribution in [0.4, 0.5) is 0 Å². The maximum atomic E-state index is 12.7. The van der Waals surface area contributed by atoms with E-state index in [1.54, 1.807) is 16.4 Å². The molecule has 5 nitrogen and oxygen atoms in total. The summed E-state index contributed by atoms with van der Waals surface area (Å²) in [7, 11) is 0.552. The van der Waals surface area contributed by atoms with E-state index in [2.05, 4.69) is 10.2 Å². The molecular formula is C15H25N3O2S. The molecule has 6 heteroatoms. The van der Waals surface area contributed by atoms with Gasteiger partial charge < -0.3 is 10.2 Å². The van der Waals surface area contributed by atoms with E-state index < -0.39 is 10.0 Å². The zero-order chi connectivity index (χ0) is 15.5. The van der Waals surface area contributed by atoms with E-state index >= 15 is 0 Å². The first kappa shape index (κ1) is 16.4. The lowest BCUT2D eigenvalue weighted by atomic mass is 10.1. The number of rotatable bonds is 4. The van der Waals surface area contributed by atoms with Crippen LogP contribution in [0.15, 0.2) is 29.2 Å². The molecule has 118 valence electrons. The third-order valence-corrected chi connectivity index (χ3v) is 6.04. The predicted molar refractivity (Wildman–Crippen MR) is 84.8 cm³/mol. The van der Waals surface area contributed by atoms with Crippen LogP contribution >= 0.6 is 0 Å². The Kier molecular flexibility index (Phi) is 5.37. The number of benzene rings is 1. The molecule has 0 bridgehead atoms. The molecule has 1 aromatic carbocycles. The molecular weight excluding hydrogens is 286 g/mol. The molecule has 0 radical (unpaired) electrons. The topological polar surface area (TPSA) is 52.7 Å². The maximum absolute atomic E-state index is 12.7. The third-order valence-electron chi connectivity index (χ3n) is 4.13. The van der Waals surface area contributed by atoms with Crippen molar-refractivity contribution in [1.29, 1.82) is 0 Å². The highest BCUT2D eigenvalue weighted by Crippen LogP contribution is 2.20. The van der Waals surface area contributed by atoms with Crippen molar-refractivity contribution >= 4 is 10.0 Å². The minimum Gasteiger partial charge on any atom is -0.313 e. The van der Waals surface area contributed by atoms with Gasteiger partial charge in [0.1, 0.15) is 0 Å². The molecule has 1 aliphatic rings. The third kappa shape index (κ3) is 3.83. The van der Waals surface area contributed by atoms with Crippen LogP contribution in [0, 0.1) is 0 Å². The van der Waals surface area contributed by atoms with Crippen molar-refractivity contribution < 1.29 is 8.42 Å². The Hall–Kier alpha value is -0.950. The minimum absolute atomic E-state index is 0.216. The van der Waals surface area contributed by atoms with Crippen LogP contribution in [0.5, 0.6) is 0 Å². The lowest BCUT2D eigenvalue weighted by molar-refractivity contribution is 0.347. The van der Waals surface area contributed by atoms with Crippen molar-refractivity contribution in [2.45, 2.75) is 24.3 Å². The van der Waals surface area contributed by atoms with E-state index in [1.165, 1.54) is 0 Å². The SMILES string of the molecule is CNC(C)c1ccc(S(=O)(=O)N2CCCN(C)CC2)cc1. The summed E-state index contributed by atoms with van der Waals surface area (Å²) in [5.74, 6) is 0. The van der Waals surface area contributed by atoms with E-state index in [-0.39, 0.29) is 6.04 Å². The maximum Gasteiger partial charge on any atom is 0.243 e. The van der Waals surface area contributed by atoms with Gasteiger partial charge in [0.2, 0.25) is 10.0 Å². The van der Waals surface area contributed by atoms with Gasteiger partial charge in [0.15, 0.2) is 0 Å². The number of hydrogen-bond acceptors (Lipinski definition) is 4. The average molecular weight is 311 g/mol. The first-order valence-corrected chi connectivity index (χ1v) is 8.85. The molecule has 0 amide bonds. The van der Waals surface area contributed by atoms with Crippen molar-refractivity contribution in [1.82, 2.24) is 14.5 Å². The van der Waals surface area contributed by atoms with Gasteiger partial charge in [-0.1, -0.05) is 12.1 Å². The summed E-state index contributed by atoms with van der Waals surface area (Å²) >= 11 is 0. The summed E-state index contributed by atoms with van der Waals surface area (Å²) in [5.41, 5.74) is 1.09. The van der Waals surface area contributed by atoms with Crippen molar-refractivity contribution in [3.05, 3.63) is 29.8 Å². The van der Waals surface area contributed by atoms with Gasteiger partial charge in [0, 0.05) is 25.7 Å². The largest absolute Gasteiger partial charge is 0.313 e. The molecule has 1 aromatic rings. The fourth-order valence-corrected chi connectivity index (χ4v) is 3.98. The quantitative estimate of drug-likeness (QED) is 0.910. The smallest absolute Gasteiger partial charge is 0.243 e. The van der Waals surface area contributed by atoms with Gasteiger partial charge >= 0.3 is 0 Å². The Balaban J connectivity index is 2.19. The molecule has 0 aromatic heterocycles. The molecule has 1 unspecified atom stereocenters. The first-order valence-electron chi connectivity index (χ1n) is 7.41. The molecule has 0 aliphatic carbocycles. The molecule has 21 heavy (non-hydrogen) atoms.